The summed E-state index contributed by atoms with van der Waals surface area (Å²) >= 11 is 0. The molecule has 1 heterocycles. The van der Waals surface area contributed by atoms with Crippen molar-refractivity contribution in [2.75, 3.05) is 21.0 Å². The van der Waals surface area contributed by atoms with Gasteiger partial charge in [-0.05, 0) is 29.8 Å². The van der Waals surface area contributed by atoms with Crippen LogP contribution in [0, 0.1) is 0 Å². The fourth-order valence-corrected chi connectivity index (χ4v) is 2.35. The second kappa shape index (κ2) is 6.54. The van der Waals surface area contributed by atoms with Crippen LogP contribution in [0.4, 0.5) is 0 Å². The van der Waals surface area contributed by atoms with E-state index in [1.807, 2.05) is 0 Å². The molecular weight excluding hydrogens is 312 g/mol. The number of ketones is 1. The molecule has 0 unspecified atom stereocenters. The standard InChI is InChI=1S/C18H16O6/c1-21-15-6-4-11(7-16(15)22-2)3-5-13(19)12-8-17-18(9-14(12)20)24-10-23-17/h3-9,20H,10H2,1-2H3. The van der Waals surface area contributed by atoms with Gasteiger partial charge in [0.1, 0.15) is 5.75 Å². The highest BCUT2D eigenvalue weighted by molar-refractivity contribution is 6.09. The highest BCUT2D eigenvalue weighted by Crippen LogP contribution is 2.38. The molecular formula is C18H16O6. The average molecular weight is 328 g/mol. The third kappa shape index (κ3) is 2.99. The van der Waals surface area contributed by atoms with E-state index < -0.39 is 0 Å². The van der Waals surface area contributed by atoms with Gasteiger partial charge < -0.3 is 24.1 Å². The maximum atomic E-state index is 12.3. The Morgan fingerprint density at radius 3 is 2.50 bits per heavy atom. The lowest BCUT2D eigenvalue weighted by Gasteiger charge is -2.07. The molecule has 1 aliphatic rings. The minimum Gasteiger partial charge on any atom is -0.507 e. The first-order chi connectivity index (χ1) is 11.6. The second-order valence-electron chi connectivity index (χ2n) is 5.03. The van der Waals surface area contributed by atoms with E-state index in [2.05, 4.69) is 0 Å². The Morgan fingerprint density at radius 2 is 1.79 bits per heavy atom. The number of carbonyl (C=O) groups excluding carboxylic acids is 1. The first-order valence-electron chi connectivity index (χ1n) is 7.19. The molecule has 0 fully saturated rings. The van der Waals surface area contributed by atoms with Gasteiger partial charge in [0.2, 0.25) is 6.79 Å². The quantitative estimate of drug-likeness (QED) is 0.672. The van der Waals surface area contributed by atoms with Gasteiger partial charge in [-0.25, -0.2) is 0 Å². The summed E-state index contributed by atoms with van der Waals surface area (Å²) in [6, 6.07) is 8.15. The van der Waals surface area contributed by atoms with Crippen LogP contribution in [0.5, 0.6) is 28.7 Å². The lowest BCUT2D eigenvalue weighted by Crippen LogP contribution is -1.95. The van der Waals surface area contributed by atoms with E-state index in [9.17, 15) is 9.90 Å². The van der Waals surface area contributed by atoms with Crippen molar-refractivity contribution >= 4 is 11.9 Å². The summed E-state index contributed by atoms with van der Waals surface area (Å²) in [5, 5.41) is 9.97. The maximum absolute atomic E-state index is 12.3. The van der Waals surface area contributed by atoms with Gasteiger partial charge in [-0.2, -0.15) is 0 Å². The average Bonchev–Trinajstić information content (AvgIpc) is 3.05. The number of phenolic OH excluding ortho intramolecular Hbond substituents is 1. The molecule has 0 radical (unpaired) electrons. The minimum atomic E-state index is -0.347. The Labute approximate surface area is 138 Å². The molecule has 0 aliphatic carbocycles. The normalized spacial score (nSPS) is 12.4. The molecule has 2 aromatic rings. The van der Waals surface area contributed by atoms with Gasteiger partial charge in [-0.3, -0.25) is 4.79 Å². The Balaban J connectivity index is 1.83. The smallest absolute Gasteiger partial charge is 0.231 e. The number of rotatable bonds is 5. The van der Waals surface area contributed by atoms with Gasteiger partial charge in [0.15, 0.2) is 28.8 Å². The van der Waals surface area contributed by atoms with Crippen LogP contribution in [0.1, 0.15) is 15.9 Å². The number of fused-ring (bicyclic) bond motifs is 1. The predicted molar refractivity (Wildman–Crippen MR) is 87.1 cm³/mol. The van der Waals surface area contributed by atoms with Crippen LogP contribution in [0.2, 0.25) is 0 Å². The number of aromatic hydroxyl groups is 1. The number of phenols is 1. The van der Waals surface area contributed by atoms with Gasteiger partial charge >= 0.3 is 0 Å². The van der Waals surface area contributed by atoms with E-state index in [0.29, 0.717) is 23.0 Å². The molecule has 0 saturated carbocycles. The molecule has 0 bridgehead atoms. The Bertz CT molecular complexity index is 809. The molecule has 0 aromatic heterocycles. The van der Waals surface area contributed by atoms with Crippen LogP contribution in [0.15, 0.2) is 36.4 Å². The van der Waals surface area contributed by atoms with E-state index >= 15 is 0 Å². The molecule has 0 saturated heterocycles. The summed E-state index contributed by atoms with van der Waals surface area (Å²) in [5.41, 5.74) is 0.914. The van der Waals surface area contributed by atoms with Crippen LogP contribution in [0.25, 0.3) is 6.08 Å². The van der Waals surface area contributed by atoms with Crippen molar-refractivity contribution in [3.63, 3.8) is 0 Å². The topological polar surface area (TPSA) is 74.2 Å². The number of allylic oxidation sites excluding steroid dienone is 1. The van der Waals surface area contributed by atoms with Crippen LogP contribution >= 0.6 is 0 Å². The fraction of sp³-hybridized carbons (Fsp3) is 0.167. The van der Waals surface area contributed by atoms with E-state index in [-0.39, 0.29) is 23.9 Å². The monoisotopic (exact) mass is 328 g/mol. The van der Waals surface area contributed by atoms with E-state index in [0.717, 1.165) is 5.56 Å². The third-order valence-corrected chi connectivity index (χ3v) is 3.59. The Hall–Kier alpha value is -3.15. The van der Waals surface area contributed by atoms with Crippen LogP contribution in [-0.4, -0.2) is 31.9 Å². The van der Waals surface area contributed by atoms with Crippen molar-refractivity contribution in [3.05, 3.63) is 47.5 Å². The maximum Gasteiger partial charge on any atom is 0.231 e. The third-order valence-electron chi connectivity index (χ3n) is 3.59. The van der Waals surface area contributed by atoms with Gasteiger partial charge in [-0.1, -0.05) is 12.1 Å². The molecule has 2 aromatic carbocycles. The molecule has 24 heavy (non-hydrogen) atoms. The molecule has 6 nitrogen and oxygen atoms in total. The minimum absolute atomic E-state index is 0.0773. The summed E-state index contributed by atoms with van der Waals surface area (Å²) in [5.74, 6) is 1.54. The van der Waals surface area contributed by atoms with Crippen molar-refractivity contribution in [2.24, 2.45) is 0 Å². The summed E-state index contributed by atoms with van der Waals surface area (Å²) < 4.78 is 20.8. The molecule has 0 atom stereocenters. The highest BCUT2D eigenvalue weighted by Gasteiger charge is 2.19. The summed E-state index contributed by atoms with van der Waals surface area (Å²) in [4.78, 5) is 12.3. The van der Waals surface area contributed by atoms with E-state index in [1.165, 1.54) is 18.2 Å². The first-order valence-corrected chi connectivity index (χ1v) is 7.19. The van der Waals surface area contributed by atoms with E-state index in [4.69, 9.17) is 18.9 Å². The zero-order chi connectivity index (χ0) is 17.1. The van der Waals surface area contributed by atoms with E-state index in [1.54, 1.807) is 38.5 Å². The fourth-order valence-electron chi connectivity index (χ4n) is 2.35. The van der Waals surface area contributed by atoms with Crippen molar-refractivity contribution in [3.8, 4) is 28.7 Å². The number of methoxy groups -OCH3 is 2. The van der Waals surface area contributed by atoms with Crippen LogP contribution in [-0.2, 0) is 0 Å². The highest BCUT2D eigenvalue weighted by atomic mass is 16.7. The van der Waals surface area contributed by atoms with Gasteiger partial charge in [0.25, 0.3) is 0 Å². The van der Waals surface area contributed by atoms with Gasteiger partial charge in [-0.15, -0.1) is 0 Å². The van der Waals surface area contributed by atoms with Gasteiger partial charge in [0.05, 0.1) is 19.8 Å². The van der Waals surface area contributed by atoms with Crippen LogP contribution in [0.3, 0.4) is 0 Å². The van der Waals surface area contributed by atoms with Gasteiger partial charge in [0, 0.05) is 6.07 Å². The SMILES string of the molecule is COc1ccc(C=CC(=O)c2cc3c(cc2O)OCO3)cc1OC. The summed E-state index contributed by atoms with van der Waals surface area (Å²) in [7, 11) is 3.10. The van der Waals surface area contributed by atoms with Crippen molar-refractivity contribution in [1.29, 1.82) is 0 Å². The Kier molecular flexibility index (Phi) is 4.29. The largest absolute Gasteiger partial charge is 0.507 e. The number of carbonyl (C=O) groups is 1. The Morgan fingerprint density at radius 1 is 1.08 bits per heavy atom. The lowest BCUT2D eigenvalue weighted by molar-refractivity contribution is 0.104. The predicted octanol–water partition coefficient (Wildman–Crippen LogP) is 3.03. The second-order valence-corrected chi connectivity index (χ2v) is 5.03. The number of hydrogen-bond acceptors (Lipinski definition) is 6. The molecule has 0 amide bonds. The molecule has 3 rings (SSSR count). The number of benzene rings is 2. The number of ether oxygens (including phenoxy) is 4. The molecule has 0 spiro atoms. The van der Waals surface area contributed by atoms with Crippen molar-refractivity contribution in [1.82, 2.24) is 0 Å². The molecule has 1 aliphatic heterocycles. The van der Waals surface area contributed by atoms with Crippen LogP contribution < -0.4 is 18.9 Å². The summed E-state index contributed by atoms with van der Waals surface area (Å²) in [6.07, 6.45) is 3.01. The molecule has 124 valence electrons. The lowest BCUT2D eigenvalue weighted by atomic mass is 10.1. The van der Waals surface area contributed by atoms with Crippen molar-refractivity contribution in [2.45, 2.75) is 0 Å². The molecule has 1 N–H and O–H groups in total. The van der Waals surface area contributed by atoms with Crippen molar-refractivity contribution < 1.29 is 28.8 Å². The zero-order valence-electron chi connectivity index (χ0n) is 13.2. The number of hydrogen-bond donors (Lipinski definition) is 1. The molecule has 6 heteroatoms. The zero-order valence-corrected chi connectivity index (χ0v) is 13.2. The summed E-state index contributed by atoms with van der Waals surface area (Å²) in [6.45, 7) is 0.0773. The first kappa shape index (κ1) is 15.7.